The van der Waals surface area contributed by atoms with Crippen molar-refractivity contribution in [2.45, 2.75) is 12.6 Å². The number of nitrogens with zero attached hydrogens (tertiary/aromatic N) is 1. The van der Waals surface area contributed by atoms with Crippen LogP contribution in [0.25, 0.3) is 0 Å². The molecule has 1 N–H and O–H groups in total. The van der Waals surface area contributed by atoms with Crippen LogP contribution in [-0.2, 0) is 25.3 Å². The fourth-order valence-electron chi connectivity index (χ4n) is 3.34. The SMILES string of the molecule is COc1ccc(N2C[C@@H](C(=O)OCC(=O)Nc3cc(C(F)(F)F)ccc3Cl)CC2=O)c(OC)c1. The molecule has 0 saturated carbocycles. The van der Waals surface area contributed by atoms with Crippen molar-refractivity contribution in [2.24, 2.45) is 5.92 Å². The molecule has 1 aliphatic heterocycles. The molecule has 1 saturated heterocycles. The average Bonchev–Trinajstić information content (AvgIpc) is 3.19. The predicted molar refractivity (Wildman–Crippen MR) is 116 cm³/mol. The molecule has 0 bridgehead atoms. The quantitative estimate of drug-likeness (QED) is 0.579. The van der Waals surface area contributed by atoms with E-state index in [0.717, 1.165) is 12.1 Å². The summed E-state index contributed by atoms with van der Waals surface area (Å²) in [7, 11) is 2.92. The van der Waals surface area contributed by atoms with Crippen LogP contribution in [0.1, 0.15) is 12.0 Å². The van der Waals surface area contributed by atoms with Crippen LogP contribution in [0.4, 0.5) is 24.5 Å². The molecule has 2 amide bonds. The third-order valence-corrected chi connectivity index (χ3v) is 5.38. The van der Waals surface area contributed by atoms with Gasteiger partial charge in [0.15, 0.2) is 6.61 Å². The van der Waals surface area contributed by atoms with E-state index >= 15 is 0 Å². The predicted octanol–water partition coefficient (Wildman–Crippen LogP) is 3.91. The lowest BCUT2D eigenvalue weighted by atomic mass is 10.1. The van der Waals surface area contributed by atoms with Crippen LogP contribution in [0.3, 0.4) is 0 Å². The summed E-state index contributed by atoms with van der Waals surface area (Å²) in [4.78, 5) is 38.4. The first-order valence-electron chi connectivity index (χ1n) is 9.89. The monoisotopic (exact) mass is 500 g/mol. The van der Waals surface area contributed by atoms with Crippen LogP contribution < -0.4 is 19.7 Å². The molecule has 1 fully saturated rings. The molecule has 1 heterocycles. The van der Waals surface area contributed by atoms with Gasteiger partial charge in [0.05, 0.1) is 42.1 Å². The van der Waals surface area contributed by atoms with E-state index in [2.05, 4.69) is 5.32 Å². The van der Waals surface area contributed by atoms with Gasteiger partial charge in [-0.3, -0.25) is 14.4 Å². The number of hydrogen-bond acceptors (Lipinski definition) is 6. The van der Waals surface area contributed by atoms with Crippen molar-refractivity contribution >= 4 is 40.8 Å². The number of methoxy groups -OCH3 is 2. The number of carbonyl (C=O) groups is 3. The second-order valence-electron chi connectivity index (χ2n) is 7.29. The highest BCUT2D eigenvalue weighted by Crippen LogP contribution is 2.36. The van der Waals surface area contributed by atoms with Crippen LogP contribution in [0.2, 0.25) is 5.02 Å². The summed E-state index contributed by atoms with van der Waals surface area (Å²) in [5, 5.41) is 2.07. The molecule has 2 aromatic rings. The Balaban J connectivity index is 1.60. The highest BCUT2D eigenvalue weighted by Gasteiger charge is 2.37. The second kappa shape index (κ2) is 10.2. The number of anilines is 2. The van der Waals surface area contributed by atoms with E-state index in [1.807, 2.05) is 0 Å². The molecule has 0 aliphatic carbocycles. The number of amides is 2. The highest BCUT2D eigenvalue weighted by atomic mass is 35.5. The zero-order chi connectivity index (χ0) is 25.0. The van der Waals surface area contributed by atoms with Crippen LogP contribution in [-0.4, -0.2) is 45.2 Å². The summed E-state index contributed by atoms with van der Waals surface area (Å²) < 4.78 is 54.0. The minimum atomic E-state index is -4.62. The molecular weight excluding hydrogens is 481 g/mol. The van der Waals surface area contributed by atoms with Crippen molar-refractivity contribution in [3.8, 4) is 11.5 Å². The van der Waals surface area contributed by atoms with Gasteiger partial charge in [-0.25, -0.2) is 0 Å². The molecule has 0 radical (unpaired) electrons. The molecule has 1 aliphatic rings. The van der Waals surface area contributed by atoms with Crippen LogP contribution in [0, 0.1) is 5.92 Å². The molecule has 3 rings (SSSR count). The van der Waals surface area contributed by atoms with Crippen LogP contribution in [0.15, 0.2) is 36.4 Å². The first-order valence-corrected chi connectivity index (χ1v) is 10.3. The smallest absolute Gasteiger partial charge is 0.416 e. The van der Waals surface area contributed by atoms with E-state index < -0.39 is 36.1 Å². The van der Waals surface area contributed by atoms with Crippen LogP contribution in [0.5, 0.6) is 11.5 Å². The van der Waals surface area contributed by atoms with E-state index in [4.69, 9.17) is 25.8 Å². The lowest BCUT2D eigenvalue weighted by Crippen LogP contribution is -2.28. The van der Waals surface area contributed by atoms with Crippen molar-refractivity contribution in [2.75, 3.05) is 37.6 Å². The fourth-order valence-corrected chi connectivity index (χ4v) is 3.51. The molecule has 2 aromatic carbocycles. The topological polar surface area (TPSA) is 94.2 Å². The summed E-state index contributed by atoms with van der Waals surface area (Å²) in [5.41, 5.74) is -0.824. The van der Waals surface area contributed by atoms with Crippen molar-refractivity contribution in [1.29, 1.82) is 0 Å². The average molecular weight is 501 g/mol. The number of rotatable bonds is 7. The Bertz CT molecular complexity index is 1110. The number of nitrogens with one attached hydrogen (secondary N) is 1. The zero-order valence-electron chi connectivity index (χ0n) is 18.1. The Labute approximate surface area is 197 Å². The molecule has 1 atom stereocenters. The Morgan fingerprint density at radius 3 is 2.53 bits per heavy atom. The van der Waals surface area contributed by atoms with Crippen LogP contribution >= 0.6 is 11.6 Å². The number of halogens is 4. The van der Waals surface area contributed by atoms with Crippen molar-refractivity contribution in [1.82, 2.24) is 0 Å². The minimum Gasteiger partial charge on any atom is -0.497 e. The largest absolute Gasteiger partial charge is 0.497 e. The molecule has 8 nitrogen and oxygen atoms in total. The molecule has 34 heavy (non-hydrogen) atoms. The number of alkyl halides is 3. The maximum absolute atomic E-state index is 12.9. The van der Waals surface area contributed by atoms with E-state index in [0.29, 0.717) is 23.3 Å². The highest BCUT2D eigenvalue weighted by molar-refractivity contribution is 6.33. The normalized spacial score (nSPS) is 15.8. The van der Waals surface area contributed by atoms with Gasteiger partial charge in [0.1, 0.15) is 11.5 Å². The molecule has 182 valence electrons. The molecule has 0 aromatic heterocycles. The summed E-state index contributed by atoms with van der Waals surface area (Å²) in [5.74, 6) is -1.97. The standard InChI is InChI=1S/C22H20ClF3N2O6/c1-32-14-4-6-17(18(9-14)33-2)28-10-12(7-20(28)30)21(31)34-11-19(29)27-16-8-13(22(24,25)26)3-5-15(16)23/h3-6,8-9,12H,7,10-11H2,1-2H3,(H,27,29)/t12-/m0/s1. The molecule has 0 spiro atoms. The van der Waals surface area contributed by atoms with Crippen molar-refractivity contribution < 1.29 is 41.8 Å². The Kier molecular flexibility index (Phi) is 7.55. The van der Waals surface area contributed by atoms with E-state index in [1.165, 1.54) is 19.1 Å². The van der Waals surface area contributed by atoms with Crippen molar-refractivity contribution in [3.05, 3.63) is 47.0 Å². The van der Waals surface area contributed by atoms with Gasteiger partial charge in [-0.15, -0.1) is 0 Å². The number of benzene rings is 2. The second-order valence-corrected chi connectivity index (χ2v) is 7.70. The van der Waals surface area contributed by atoms with Gasteiger partial charge in [0.2, 0.25) is 5.91 Å². The third kappa shape index (κ3) is 5.71. The van der Waals surface area contributed by atoms with Gasteiger partial charge in [0, 0.05) is 19.0 Å². The molecular formula is C22H20ClF3N2O6. The van der Waals surface area contributed by atoms with Crippen molar-refractivity contribution in [3.63, 3.8) is 0 Å². The lowest BCUT2D eigenvalue weighted by molar-refractivity contribution is -0.151. The fraction of sp³-hybridized carbons (Fsp3) is 0.318. The Hall–Kier alpha value is -3.47. The first kappa shape index (κ1) is 25.2. The number of ether oxygens (including phenoxy) is 3. The van der Waals surface area contributed by atoms with Gasteiger partial charge >= 0.3 is 12.1 Å². The zero-order valence-corrected chi connectivity index (χ0v) is 18.8. The summed E-state index contributed by atoms with van der Waals surface area (Å²) >= 11 is 5.84. The maximum Gasteiger partial charge on any atom is 0.416 e. The van der Waals surface area contributed by atoms with E-state index in [1.54, 1.807) is 18.2 Å². The third-order valence-electron chi connectivity index (χ3n) is 5.05. The molecule has 12 heteroatoms. The summed E-state index contributed by atoms with van der Waals surface area (Å²) in [6.45, 7) is -0.761. The molecule has 0 unspecified atom stereocenters. The van der Waals surface area contributed by atoms with E-state index in [9.17, 15) is 27.6 Å². The Morgan fingerprint density at radius 2 is 1.88 bits per heavy atom. The maximum atomic E-state index is 12.9. The number of esters is 1. The number of carbonyl (C=O) groups excluding carboxylic acids is 3. The van der Waals surface area contributed by atoms with Gasteiger partial charge in [-0.05, 0) is 30.3 Å². The first-order chi connectivity index (χ1) is 16.0. The van der Waals surface area contributed by atoms with Gasteiger partial charge in [0.25, 0.3) is 5.91 Å². The summed E-state index contributed by atoms with van der Waals surface area (Å²) in [6, 6.07) is 7.31. The minimum absolute atomic E-state index is 0.00142. The Morgan fingerprint density at radius 1 is 1.15 bits per heavy atom. The van der Waals surface area contributed by atoms with Gasteiger partial charge < -0.3 is 24.4 Å². The summed E-state index contributed by atoms with van der Waals surface area (Å²) in [6.07, 6.45) is -4.76. The number of hydrogen-bond donors (Lipinski definition) is 1. The lowest BCUT2D eigenvalue weighted by Gasteiger charge is -2.20. The van der Waals surface area contributed by atoms with Gasteiger partial charge in [-0.2, -0.15) is 13.2 Å². The van der Waals surface area contributed by atoms with E-state index in [-0.39, 0.29) is 29.6 Å². The van der Waals surface area contributed by atoms with Gasteiger partial charge in [-0.1, -0.05) is 11.6 Å².